The summed E-state index contributed by atoms with van der Waals surface area (Å²) in [5.74, 6) is 0.853. The molecule has 0 aliphatic carbocycles. The normalized spacial score (nSPS) is 10.8. The zero-order valence-electron chi connectivity index (χ0n) is 16.0. The van der Waals surface area contributed by atoms with Gasteiger partial charge in [0.15, 0.2) is 0 Å². The second kappa shape index (κ2) is 7.89. The number of amides is 1. The van der Waals surface area contributed by atoms with Crippen LogP contribution in [0.2, 0.25) is 0 Å². The summed E-state index contributed by atoms with van der Waals surface area (Å²) in [5.41, 5.74) is 2.02. The number of aromatic amines is 1. The summed E-state index contributed by atoms with van der Waals surface area (Å²) < 4.78 is 5.28. The Bertz CT molecular complexity index is 1250. The molecule has 0 spiro atoms. The van der Waals surface area contributed by atoms with E-state index in [0.29, 0.717) is 44.3 Å². The third kappa shape index (κ3) is 3.77. The van der Waals surface area contributed by atoms with Crippen LogP contribution in [0, 0.1) is 6.92 Å². The molecule has 1 amide bonds. The SMILES string of the molecule is COc1ccccc1NC(=O)c1sc2nc(Cc3ccccc3)[nH]c(=O)c2c1C. The van der Waals surface area contributed by atoms with E-state index in [9.17, 15) is 9.59 Å². The zero-order valence-corrected chi connectivity index (χ0v) is 16.8. The van der Waals surface area contributed by atoms with Gasteiger partial charge >= 0.3 is 0 Å². The molecule has 0 radical (unpaired) electrons. The van der Waals surface area contributed by atoms with Crippen molar-refractivity contribution in [2.75, 3.05) is 12.4 Å². The van der Waals surface area contributed by atoms with Crippen LogP contribution in [0.3, 0.4) is 0 Å². The van der Waals surface area contributed by atoms with Crippen LogP contribution in [-0.2, 0) is 6.42 Å². The molecule has 6 nitrogen and oxygen atoms in total. The van der Waals surface area contributed by atoms with E-state index in [1.807, 2.05) is 42.5 Å². The van der Waals surface area contributed by atoms with Crippen molar-refractivity contribution < 1.29 is 9.53 Å². The summed E-state index contributed by atoms with van der Waals surface area (Å²) in [4.78, 5) is 34.0. The van der Waals surface area contributed by atoms with Gasteiger partial charge in [-0.2, -0.15) is 0 Å². The van der Waals surface area contributed by atoms with E-state index in [4.69, 9.17) is 4.74 Å². The summed E-state index contributed by atoms with van der Waals surface area (Å²) in [6.07, 6.45) is 0.520. The molecule has 0 saturated heterocycles. The topological polar surface area (TPSA) is 84.1 Å². The second-order valence-electron chi connectivity index (χ2n) is 6.57. The highest BCUT2D eigenvalue weighted by atomic mass is 32.1. The molecule has 0 aliphatic heterocycles. The monoisotopic (exact) mass is 405 g/mol. The standard InChI is InChI=1S/C22H19N3O3S/c1-13-18-20(26)24-17(12-14-8-4-3-5-9-14)25-22(18)29-19(13)21(27)23-15-10-6-7-11-16(15)28-2/h3-11H,12H2,1-2H3,(H,23,27)(H,24,25,26). The van der Waals surface area contributed by atoms with Gasteiger partial charge in [0.05, 0.1) is 23.1 Å². The number of carbonyl (C=O) groups is 1. The maximum atomic E-state index is 12.9. The Labute approximate surface area is 171 Å². The number of rotatable bonds is 5. The predicted octanol–water partition coefficient (Wildman–Crippen LogP) is 4.14. The van der Waals surface area contributed by atoms with Crippen LogP contribution in [0.1, 0.15) is 26.6 Å². The Hall–Kier alpha value is -3.45. The Morgan fingerprint density at radius 1 is 1.14 bits per heavy atom. The highest BCUT2D eigenvalue weighted by Gasteiger charge is 2.20. The number of nitrogens with one attached hydrogen (secondary N) is 2. The third-order valence-corrected chi connectivity index (χ3v) is 5.81. The van der Waals surface area contributed by atoms with Gasteiger partial charge in [0.25, 0.3) is 11.5 Å². The molecule has 4 aromatic rings. The number of methoxy groups -OCH3 is 1. The average Bonchev–Trinajstić information content (AvgIpc) is 3.06. The number of nitrogens with zero attached hydrogens (tertiary/aromatic N) is 1. The molecule has 0 atom stereocenters. The van der Waals surface area contributed by atoms with Crippen molar-refractivity contribution in [2.45, 2.75) is 13.3 Å². The Morgan fingerprint density at radius 2 is 1.86 bits per heavy atom. The molecule has 2 aromatic heterocycles. The fraction of sp³-hybridized carbons (Fsp3) is 0.136. The number of benzene rings is 2. The Balaban J connectivity index is 1.69. The van der Waals surface area contributed by atoms with Gasteiger partial charge in [0.2, 0.25) is 0 Å². The summed E-state index contributed by atoms with van der Waals surface area (Å²) in [6.45, 7) is 1.77. The molecule has 2 N–H and O–H groups in total. The largest absolute Gasteiger partial charge is 0.495 e. The van der Waals surface area contributed by atoms with Gasteiger partial charge in [-0.1, -0.05) is 42.5 Å². The number of aryl methyl sites for hydroxylation is 1. The molecular formula is C22H19N3O3S. The van der Waals surface area contributed by atoms with Crippen molar-refractivity contribution in [3.05, 3.63) is 86.8 Å². The van der Waals surface area contributed by atoms with E-state index in [1.165, 1.54) is 11.3 Å². The summed E-state index contributed by atoms with van der Waals surface area (Å²) in [7, 11) is 1.55. The molecule has 2 heterocycles. The fourth-order valence-corrected chi connectivity index (χ4v) is 4.30. The molecule has 29 heavy (non-hydrogen) atoms. The summed E-state index contributed by atoms with van der Waals surface area (Å²) in [6, 6.07) is 17.0. The molecule has 0 unspecified atom stereocenters. The number of anilines is 1. The third-order valence-electron chi connectivity index (χ3n) is 4.63. The molecule has 0 saturated carbocycles. The van der Waals surface area contributed by atoms with E-state index in [0.717, 1.165) is 5.56 Å². The average molecular weight is 405 g/mol. The minimum atomic E-state index is -0.293. The molecule has 7 heteroatoms. The van der Waals surface area contributed by atoms with Crippen molar-refractivity contribution in [1.82, 2.24) is 9.97 Å². The van der Waals surface area contributed by atoms with Gasteiger partial charge in [0.1, 0.15) is 16.4 Å². The van der Waals surface area contributed by atoms with Crippen molar-refractivity contribution in [3.8, 4) is 5.75 Å². The molecule has 146 valence electrons. The molecule has 4 rings (SSSR count). The highest BCUT2D eigenvalue weighted by Crippen LogP contribution is 2.30. The quantitative estimate of drug-likeness (QED) is 0.523. The van der Waals surface area contributed by atoms with E-state index in [2.05, 4.69) is 15.3 Å². The van der Waals surface area contributed by atoms with Crippen molar-refractivity contribution in [3.63, 3.8) is 0 Å². The lowest BCUT2D eigenvalue weighted by molar-refractivity contribution is 0.102. The summed E-state index contributed by atoms with van der Waals surface area (Å²) >= 11 is 1.22. The first-order chi connectivity index (χ1) is 14.1. The van der Waals surface area contributed by atoms with E-state index < -0.39 is 0 Å². The maximum absolute atomic E-state index is 12.9. The highest BCUT2D eigenvalue weighted by molar-refractivity contribution is 7.20. The van der Waals surface area contributed by atoms with Crippen LogP contribution in [0.5, 0.6) is 5.75 Å². The fourth-order valence-electron chi connectivity index (χ4n) is 3.20. The second-order valence-corrected chi connectivity index (χ2v) is 7.56. The number of para-hydroxylation sites is 2. The molecular weight excluding hydrogens is 386 g/mol. The van der Waals surface area contributed by atoms with E-state index >= 15 is 0 Å². The summed E-state index contributed by atoms with van der Waals surface area (Å²) in [5, 5.41) is 3.32. The van der Waals surface area contributed by atoms with Gasteiger partial charge in [-0.15, -0.1) is 11.3 Å². The number of aromatic nitrogens is 2. The molecule has 0 bridgehead atoms. The molecule has 0 aliphatic rings. The minimum Gasteiger partial charge on any atom is -0.495 e. The number of hydrogen-bond donors (Lipinski definition) is 2. The van der Waals surface area contributed by atoms with Crippen LogP contribution in [-0.4, -0.2) is 23.0 Å². The number of hydrogen-bond acceptors (Lipinski definition) is 5. The Morgan fingerprint density at radius 3 is 2.62 bits per heavy atom. The Kier molecular flexibility index (Phi) is 5.14. The van der Waals surface area contributed by atoms with Crippen LogP contribution < -0.4 is 15.6 Å². The van der Waals surface area contributed by atoms with Gasteiger partial charge in [-0.05, 0) is 30.2 Å². The predicted molar refractivity (Wildman–Crippen MR) is 115 cm³/mol. The van der Waals surface area contributed by atoms with Crippen LogP contribution >= 0.6 is 11.3 Å². The van der Waals surface area contributed by atoms with E-state index in [-0.39, 0.29) is 11.5 Å². The van der Waals surface area contributed by atoms with Crippen LogP contribution in [0.4, 0.5) is 5.69 Å². The lowest BCUT2D eigenvalue weighted by Crippen LogP contribution is -2.14. The first kappa shape index (κ1) is 18.9. The maximum Gasteiger partial charge on any atom is 0.266 e. The minimum absolute atomic E-state index is 0.231. The lowest BCUT2D eigenvalue weighted by Gasteiger charge is -2.09. The van der Waals surface area contributed by atoms with Gasteiger partial charge in [0, 0.05) is 6.42 Å². The van der Waals surface area contributed by atoms with Gasteiger partial charge in [-0.25, -0.2) is 4.98 Å². The van der Waals surface area contributed by atoms with Gasteiger partial charge < -0.3 is 15.0 Å². The zero-order chi connectivity index (χ0) is 20.4. The lowest BCUT2D eigenvalue weighted by atomic mass is 10.1. The van der Waals surface area contributed by atoms with Crippen LogP contribution in [0.15, 0.2) is 59.4 Å². The molecule has 2 aromatic carbocycles. The number of thiophene rings is 1. The first-order valence-electron chi connectivity index (χ1n) is 9.07. The van der Waals surface area contributed by atoms with Crippen LogP contribution in [0.25, 0.3) is 10.2 Å². The molecule has 0 fully saturated rings. The number of ether oxygens (including phenoxy) is 1. The van der Waals surface area contributed by atoms with E-state index in [1.54, 1.807) is 26.2 Å². The smallest absolute Gasteiger partial charge is 0.266 e. The van der Waals surface area contributed by atoms with Crippen molar-refractivity contribution in [1.29, 1.82) is 0 Å². The number of carbonyl (C=O) groups excluding carboxylic acids is 1. The van der Waals surface area contributed by atoms with Crippen molar-refractivity contribution >= 4 is 33.1 Å². The van der Waals surface area contributed by atoms with Gasteiger partial charge in [-0.3, -0.25) is 9.59 Å². The number of H-pyrrole nitrogens is 1. The first-order valence-corrected chi connectivity index (χ1v) is 9.89. The van der Waals surface area contributed by atoms with Crippen molar-refractivity contribution in [2.24, 2.45) is 0 Å². The number of fused-ring (bicyclic) bond motifs is 1.